The maximum Gasteiger partial charge on any atom is 0.253 e. The zero-order chi connectivity index (χ0) is 15.2. The van der Waals surface area contributed by atoms with Gasteiger partial charge >= 0.3 is 0 Å². The van der Waals surface area contributed by atoms with Crippen molar-refractivity contribution in [2.45, 2.75) is 20.4 Å². The number of nitrogens with zero attached hydrogens (tertiary/aromatic N) is 1. The summed E-state index contributed by atoms with van der Waals surface area (Å²) in [7, 11) is 0. The number of carbonyl (C=O) groups excluding carboxylic acids is 1. The van der Waals surface area contributed by atoms with E-state index in [1.54, 1.807) is 6.07 Å². The fraction of sp³-hybridized carbons (Fsp3) is 0.250. The molecule has 0 aliphatic rings. The van der Waals surface area contributed by atoms with E-state index >= 15 is 0 Å². The van der Waals surface area contributed by atoms with E-state index in [-0.39, 0.29) is 5.91 Å². The van der Waals surface area contributed by atoms with E-state index in [0.717, 1.165) is 12.1 Å². The molecule has 2 N–H and O–H groups in total. The first kappa shape index (κ1) is 15.3. The number of nitrogens with one attached hydrogen (secondary N) is 2. The summed E-state index contributed by atoms with van der Waals surface area (Å²) in [5, 5.41) is 6.27. The van der Waals surface area contributed by atoms with E-state index in [9.17, 15) is 4.79 Å². The van der Waals surface area contributed by atoms with Crippen molar-refractivity contribution in [3.8, 4) is 0 Å². The first-order valence-corrected chi connectivity index (χ1v) is 7.21. The summed E-state index contributed by atoms with van der Waals surface area (Å²) in [6.45, 7) is 5.20. The van der Waals surface area contributed by atoms with E-state index in [1.807, 2.05) is 38.1 Å². The third-order valence-corrected chi connectivity index (χ3v) is 3.33. The minimum absolute atomic E-state index is 0.206. The zero-order valence-corrected chi connectivity index (χ0v) is 12.9. The van der Waals surface area contributed by atoms with Crippen LogP contribution < -0.4 is 10.6 Å². The van der Waals surface area contributed by atoms with E-state index in [2.05, 4.69) is 15.6 Å². The Morgan fingerprint density at radius 2 is 2.00 bits per heavy atom. The Morgan fingerprint density at radius 1 is 1.29 bits per heavy atom. The number of hydrogen-bond acceptors (Lipinski definition) is 3. The molecule has 1 aromatic carbocycles. The van der Waals surface area contributed by atoms with Crippen LogP contribution in [0, 0.1) is 6.92 Å². The summed E-state index contributed by atoms with van der Waals surface area (Å²) < 4.78 is 0. The van der Waals surface area contributed by atoms with Crippen LogP contribution in [0.5, 0.6) is 0 Å². The standard InChI is InChI=1S/C16H18ClN3O/c1-3-18-15-8-13(14(17)10-19-15)16(21)20-9-12-6-4-11(2)5-7-12/h4-8,10H,3,9H2,1-2H3,(H,18,19)(H,20,21). The van der Waals surface area contributed by atoms with Crippen LogP contribution in [0.1, 0.15) is 28.4 Å². The maximum absolute atomic E-state index is 12.2. The van der Waals surface area contributed by atoms with E-state index in [1.165, 1.54) is 11.8 Å². The number of aromatic nitrogens is 1. The summed E-state index contributed by atoms with van der Waals surface area (Å²) in [6.07, 6.45) is 1.49. The summed E-state index contributed by atoms with van der Waals surface area (Å²) >= 11 is 6.04. The predicted octanol–water partition coefficient (Wildman–Crippen LogP) is 3.41. The number of carbonyl (C=O) groups is 1. The van der Waals surface area contributed by atoms with Gasteiger partial charge in [-0.1, -0.05) is 41.4 Å². The fourth-order valence-electron chi connectivity index (χ4n) is 1.87. The smallest absolute Gasteiger partial charge is 0.253 e. The number of halogens is 1. The van der Waals surface area contributed by atoms with Gasteiger partial charge < -0.3 is 10.6 Å². The predicted molar refractivity (Wildman–Crippen MR) is 85.8 cm³/mol. The molecule has 1 aromatic heterocycles. The SMILES string of the molecule is CCNc1cc(C(=O)NCc2ccc(C)cc2)c(Cl)cn1. The number of pyridine rings is 1. The molecule has 0 unspecified atom stereocenters. The van der Waals surface area contributed by atoms with Crippen molar-refractivity contribution in [3.05, 3.63) is 58.2 Å². The topological polar surface area (TPSA) is 54.0 Å². The minimum Gasteiger partial charge on any atom is -0.370 e. The molecule has 0 spiro atoms. The molecule has 0 aliphatic carbocycles. The fourth-order valence-corrected chi connectivity index (χ4v) is 2.06. The lowest BCUT2D eigenvalue weighted by molar-refractivity contribution is 0.0951. The van der Waals surface area contributed by atoms with Crippen LogP contribution in [0.4, 0.5) is 5.82 Å². The molecule has 2 rings (SSSR count). The summed E-state index contributed by atoms with van der Waals surface area (Å²) in [5.41, 5.74) is 2.67. The average Bonchev–Trinajstić information content (AvgIpc) is 2.48. The molecule has 0 aliphatic heterocycles. The van der Waals surface area contributed by atoms with E-state index in [0.29, 0.717) is 22.9 Å². The van der Waals surface area contributed by atoms with Crippen LogP contribution >= 0.6 is 11.6 Å². The first-order chi connectivity index (χ1) is 10.1. The quantitative estimate of drug-likeness (QED) is 0.890. The molecule has 0 fully saturated rings. The lowest BCUT2D eigenvalue weighted by atomic mass is 10.1. The molecule has 0 bridgehead atoms. The number of benzene rings is 1. The monoisotopic (exact) mass is 303 g/mol. The van der Waals surface area contributed by atoms with Crippen molar-refractivity contribution in [2.75, 3.05) is 11.9 Å². The largest absolute Gasteiger partial charge is 0.370 e. The number of rotatable bonds is 5. The highest BCUT2D eigenvalue weighted by atomic mass is 35.5. The molecule has 0 saturated carbocycles. The highest BCUT2D eigenvalue weighted by molar-refractivity contribution is 6.33. The van der Waals surface area contributed by atoms with Gasteiger partial charge in [0, 0.05) is 19.3 Å². The Bertz CT molecular complexity index is 626. The highest BCUT2D eigenvalue weighted by Crippen LogP contribution is 2.18. The minimum atomic E-state index is -0.206. The van der Waals surface area contributed by atoms with Gasteiger partial charge in [0.25, 0.3) is 5.91 Å². The van der Waals surface area contributed by atoms with Gasteiger partial charge in [0.15, 0.2) is 0 Å². The van der Waals surface area contributed by atoms with Crippen LogP contribution in [0.2, 0.25) is 5.02 Å². The van der Waals surface area contributed by atoms with Crippen molar-refractivity contribution >= 4 is 23.3 Å². The average molecular weight is 304 g/mol. The van der Waals surface area contributed by atoms with Gasteiger partial charge in [-0.15, -0.1) is 0 Å². The van der Waals surface area contributed by atoms with Gasteiger partial charge in [-0.25, -0.2) is 4.98 Å². The molecular formula is C16H18ClN3O. The maximum atomic E-state index is 12.2. The first-order valence-electron chi connectivity index (χ1n) is 6.83. The van der Waals surface area contributed by atoms with Crippen LogP contribution in [0.15, 0.2) is 36.5 Å². The van der Waals surface area contributed by atoms with Crippen molar-refractivity contribution < 1.29 is 4.79 Å². The van der Waals surface area contributed by atoms with Crippen LogP contribution in [-0.4, -0.2) is 17.4 Å². The molecule has 0 atom stereocenters. The molecule has 4 nitrogen and oxygen atoms in total. The van der Waals surface area contributed by atoms with Gasteiger partial charge in [-0.3, -0.25) is 4.79 Å². The number of hydrogen-bond donors (Lipinski definition) is 2. The van der Waals surface area contributed by atoms with Crippen LogP contribution in [0.25, 0.3) is 0 Å². The Kier molecular flexibility index (Phi) is 5.17. The Labute approximate surface area is 129 Å². The van der Waals surface area contributed by atoms with Crippen molar-refractivity contribution in [1.29, 1.82) is 0 Å². The number of amides is 1. The second-order valence-corrected chi connectivity index (χ2v) is 5.16. The van der Waals surface area contributed by atoms with Crippen molar-refractivity contribution in [3.63, 3.8) is 0 Å². The summed E-state index contributed by atoms with van der Waals surface area (Å²) in [6, 6.07) is 9.69. The second-order valence-electron chi connectivity index (χ2n) is 4.75. The summed E-state index contributed by atoms with van der Waals surface area (Å²) in [4.78, 5) is 16.3. The van der Waals surface area contributed by atoms with Crippen LogP contribution in [-0.2, 0) is 6.54 Å². The molecule has 2 aromatic rings. The molecule has 0 saturated heterocycles. The normalized spacial score (nSPS) is 10.2. The van der Waals surface area contributed by atoms with Gasteiger partial charge in [-0.05, 0) is 25.5 Å². The van der Waals surface area contributed by atoms with Crippen molar-refractivity contribution in [2.24, 2.45) is 0 Å². The Balaban J connectivity index is 2.05. The zero-order valence-electron chi connectivity index (χ0n) is 12.1. The lowest BCUT2D eigenvalue weighted by Gasteiger charge is -2.09. The number of anilines is 1. The van der Waals surface area contributed by atoms with Gasteiger partial charge in [0.1, 0.15) is 5.82 Å². The third-order valence-electron chi connectivity index (χ3n) is 3.03. The van der Waals surface area contributed by atoms with Crippen LogP contribution in [0.3, 0.4) is 0 Å². The second kappa shape index (κ2) is 7.09. The molecule has 1 heterocycles. The van der Waals surface area contributed by atoms with Gasteiger partial charge in [0.2, 0.25) is 0 Å². The molecule has 1 amide bonds. The molecular weight excluding hydrogens is 286 g/mol. The molecule has 21 heavy (non-hydrogen) atoms. The van der Waals surface area contributed by atoms with E-state index in [4.69, 9.17) is 11.6 Å². The molecule has 5 heteroatoms. The summed E-state index contributed by atoms with van der Waals surface area (Å²) in [5.74, 6) is 0.435. The van der Waals surface area contributed by atoms with Gasteiger partial charge in [-0.2, -0.15) is 0 Å². The van der Waals surface area contributed by atoms with Crippen molar-refractivity contribution in [1.82, 2.24) is 10.3 Å². The Morgan fingerprint density at radius 3 is 2.67 bits per heavy atom. The third kappa shape index (κ3) is 4.20. The lowest BCUT2D eigenvalue weighted by Crippen LogP contribution is -2.23. The highest BCUT2D eigenvalue weighted by Gasteiger charge is 2.11. The number of aryl methyl sites for hydroxylation is 1. The van der Waals surface area contributed by atoms with E-state index < -0.39 is 0 Å². The molecule has 110 valence electrons. The Hall–Kier alpha value is -2.07. The van der Waals surface area contributed by atoms with Gasteiger partial charge in [0.05, 0.1) is 10.6 Å². The molecule has 0 radical (unpaired) electrons.